The highest BCUT2D eigenvalue weighted by atomic mass is 16.5. The number of carbonyl (C=O) groups is 2. The van der Waals surface area contributed by atoms with E-state index < -0.39 is 5.97 Å². The van der Waals surface area contributed by atoms with E-state index in [1.54, 1.807) is 36.4 Å². The van der Waals surface area contributed by atoms with Crippen molar-refractivity contribution in [2.24, 2.45) is 0 Å². The van der Waals surface area contributed by atoms with Crippen molar-refractivity contribution < 1.29 is 18.7 Å². The molecule has 0 unspecified atom stereocenters. The quantitative estimate of drug-likeness (QED) is 0.525. The van der Waals surface area contributed by atoms with Crippen LogP contribution in [-0.4, -0.2) is 12.3 Å². The lowest BCUT2D eigenvalue weighted by Crippen LogP contribution is -2.06. The van der Waals surface area contributed by atoms with Gasteiger partial charge >= 0.3 is 5.97 Å². The second kappa shape index (κ2) is 6.75. The average molecular weight is 306 g/mol. The minimum Gasteiger partial charge on any atom is -0.457 e. The second-order valence-corrected chi connectivity index (χ2v) is 4.93. The van der Waals surface area contributed by atoms with Gasteiger partial charge in [0.1, 0.15) is 12.4 Å². The minimum atomic E-state index is -0.437. The molecule has 3 rings (SSSR count). The summed E-state index contributed by atoms with van der Waals surface area (Å²) in [7, 11) is 0. The molecule has 0 amide bonds. The van der Waals surface area contributed by atoms with Crippen molar-refractivity contribution in [1.82, 2.24) is 0 Å². The number of rotatable bonds is 5. The van der Waals surface area contributed by atoms with Crippen molar-refractivity contribution in [1.29, 1.82) is 0 Å². The zero-order valence-corrected chi connectivity index (χ0v) is 12.3. The molecule has 0 aliphatic heterocycles. The SMILES string of the molecule is O=Cc1ccc(-c2ccccc2C(=O)OCc2ccccc2)o1. The molecule has 0 bridgehead atoms. The number of hydrogen-bond acceptors (Lipinski definition) is 4. The number of esters is 1. The van der Waals surface area contributed by atoms with E-state index in [-0.39, 0.29) is 12.4 Å². The number of aldehydes is 1. The molecular weight excluding hydrogens is 292 g/mol. The summed E-state index contributed by atoms with van der Waals surface area (Å²) in [5.41, 5.74) is 1.91. The minimum absolute atomic E-state index is 0.200. The van der Waals surface area contributed by atoms with Gasteiger partial charge < -0.3 is 9.15 Å². The Labute approximate surface area is 133 Å². The first kappa shape index (κ1) is 14.8. The topological polar surface area (TPSA) is 56.5 Å². The van der Waals surface area contributed by atoms with Gasteiger partial charge in [0.25, 0.3) is 0 Å². The van der Waals surface area contributed by atoms with Gasteiger partial charge in [-0.15, -0.1) is 0 Å². The molecule has 2 aromatic carbocycles. The third kappa shape index (κ3) is 3.37. The molecule has 0 aliphatic carbocycles. The summed E-state index contributed by atoms with van der Waals surface area (Å²) in [6.07, 6.45) is 0.625. The van der Waals surface area contributed by atoms with Crippen molar-refractivity contribution in [2.75, 3.05) is 0 Å². The summed E-state index contributed by atoms with van der Waals surface area (Å²) >= 11 is 0. The number of furan rings is 1. The number of ether oxygens (including phenoxy) is 1. The number of hydrogen-bond donors (Lipinski definition) is 0. The number of carbonyl (C=O) groups excluding carboxylic acids is 2. The molecule has 0 atom stereocenters. The fourth-order valence-corrected chi connectivity index (χ4v) is 2.24. The lowest BCUT2D eigenvalue weighted by Gasteiger charge is -2.08. The molecule has 0 aliphatic rings. The van der Waals surface area contributed by atoms with Crippen LogP contribution in [0.4, 0.5) is 0 Å². The van der Waals surface area contributed by atoms with E-state index >= 15 is 0 Å². The zero-order chi connectivity index (χ0) is 16.1. The monoisotopic (exact) mass is 306 g/mol. The van der Waals surface area contributed by atoms with Crippen LogP contribution in [0, 0.1) is 0 Å². The Morgan fingerprint density at radius 3 is 2.43 bits per heavy atom. The van der Waals surface area contributed by atoms with Crippen molar-refractivity contribution in [3.63, 3.8) is 0 Å². The predicted molar refractivity (Wildman–Crippen MR) is 85.1 cm³/mol. The summed E-state index contributed by atoms with van der Waals surface area (Å²) in [5.74, 6) is 0.236. The molecular formula is C19H14O4. The fourth-order valence-electron chi connectivity index (χ4n) is 2.24. The van der Waals surface area contributed by atoms with Crippen LogP contribution in [0.2, 0.25) is 0 Å². The van der Waals surface area contributed by atoms with Gasteiger partial charge in [0.15, 0.2) is 12.0 Å². The van der Waals surface area contributed by atoms with Crippen LogP contribution < -0.4 is 0 Å². The molecule has 0 saturated heterocycles. The van der Waals surface area contributed by atoms with Crippen molar-refractivity contribution in [3.05, 3.63) is 83.6 Å². The van der Waals surface area contributed by atoms with E-state index in [0.29, 0.717) is 23.2 Å². The van der Waals surface area contributed by atoms with E-state index in [2.05, 4.69) is 0 Å². The van der Waals surface area contributed by atoms with Crippen LogP contribution in [0.3, 0.4) is 0 Å². The van der Waals surface area contributed by atoms with Gasteiger partial charge in [-0.3, -0.25) is 4.79 Å². The summed E-state index contributed by atoms with van der Waals surface area (Å²) in [6.45, 7) is 0.200. The van der Waals surface area contributed by atoms with E-state index in [0.717, 1.165) is 5.56 Å². The first-order chi connectivity index (χ1) is 11.3. The Balaban J connectivity index is 1.82. The highest BCUT2D eigenvalue weighted by Gasteiger charge is 2.16. The Morgan fingerprint density at radius 2 is 1.70 bits per heavy atom. The Morgan fingerprint density at radius 1 is 0.957 bits per heavy atom. The average Bonchev–Trinajstić information content (AvgIpc) is 3.09. The standard InChI is InChI=1S/C19H14O4/c20-12-15-10-11-18(23-15)16-8-4-5-9-17(16)19(21)22-13-14-6-2-1-3-7-14/h1-12H,13H2. The molecule has 3 aromatic rings. The molecule has 23 heavy (non-hydrogen) atoms. The Bertz CT molecular complexity index is 818. The fraction of sp³-hybridized carbons (Fsp3) is 0.0526. The maximum atomic E-state index is 12.4. The van der Waals surface area contributed by atoms with Crippen LogP contribution in [0.15, 0.2) is 71.1 Å². The van der Waals surface area contributed by atoms with Crippen LogP contribution in [0.25, 0.3) is 11.3 Å². The molecule has 0 radical (unpaired) electrons. The zero-order valence-electron chi connectivity index (χ0n) is 12.3. The molecule has 0 N–H and O–H groups in total. The van der Waals surface area contributed by atoms with Crippen LogP contribution in [-0.2, 0) is 11.3 Å². The first-order valence-corrected chi connectivity index (χ1v) is 7.13. The maximum absolute atomic E-state index is 12.4. The molecule has 1 aromatic heterocycles. The summed E-state index contributed by atoms with van der Waals surface area (Å²) in [4.78, 5) is 23.1. The van der Waals surface area contributed by atoms with E-state index in [9.17, 15) is 9.59 Å². The maximum Gasteiger partial charge on any atom is 0.339 e. The Kier molecular flexibility index (Phi) is 4.34. The molecule has 0 spiro atoms. The highest BCUT2D eigenvalue weighted by molar-refractivity contribution is 5.96. The summed E-state index contributed by atoms with van der Waals surface area (Å²) in [5, 5.41) is 0. The molecule has 1 heterocycles. The van der Waals surface area contributed by atoms with Crippen molar-refractivity contribution in [2.45, 2.75) is 6.61 Å². The van der Waals surface area contributed by atoms with Crippen molar-refractivity contribution >= 4 is 12.3 Å². The lowest BCUT2D eigenvalue weighted by atomic mass is 10.1. The van der Waals surface area contributed by atoms with E-state index in [1.807, 2.05) is 30.3 Å². The third-order valence-electron chi connectivity index (χ3n) is 3.37. The smallest absolute Gasteiger partial charge is 0.339 e. The number of benzene rings is 2. The van der Waals surface area contributed by atoms with Gasteiger partial charge in [0, 0.05) is 5.56 Å². The molecule has 0 fully saturated rings. The van der Waals surface area contributed by atoms with Crippen molar-refractivity contribution in [3.8, 4) is 11.3 Å². The van der Waals surface area contributed by atoms with Gasteiger partial charge in [-0.2, -0.15) is 0 Å². The third-order valence-corrected chi connectivity index (χ3v) is 3.37. The molecule has 4 heteroatoms. The second-order valence-electron chi connectivity index (χ2n) is 4.93. The van der Waals surface area contributed by atoms with Crippen LogP contribution >= 0.6 is 0 Å². The summed E-state index contributed by atoms with van der Waals surface area (Å²) < 4.78 is 10.8. The van der Waals surface area contributed by atoms with Gasteiger partial charge in [0.2, 0.25) is 0 Å². The van der Waals surface area contributed by atoms with Gasteiger partial charge in [-0.1, -0.05) is 48.5 Å². The summed E-state index contributed by atoms with van der Waals surface area (Å²) in [6, 6.07) is 19.7. The molecule has 0 saturated carbocycles. The first-order valence-electron chi connectivity index (χ1n) is 7.13. The molecule has 114 valence electrons. The van der Waals surface area contributed by atoms with Gasteiger partial charge in [-0.25, -0.2) is 4.79 Å². The van der Waals surface area contributed by atoms with Crippen LogP contribution in [0.1, 0.15) is 26.5 Å². The normalized spacial score (nSPS) is 10.3. The largest absolute Gasteiger partial charge is 0.457 e. The van der Waals surface area contributed by atoms with Crippen LogP contribution in [0.5, 0.6) is 0 Å². The van der Waals surface area contributed by atoms with E-state index in [1.165, 1.54) is 0 Å². The highest BCUT2D eigenvalue weighted by Crippen LogP contribution is 2.26. The Hall–Kier alpha value is -3.14. The predicted octanol–water partition coefficient (Wildman–Crippen LogP) is 4.12. The van der Waals surface area contributed by atoms with Gasteiger partial charge in [-0.05, 0) is 23.8 Å². The molecule has 4 nitrogen and oxygen atoms in total. The lowest BCUT2D eigenvalue weighted by molar-refractivity contribution is 0.0473. The van der Waals surface area contributed by atoms with Gasteiger partial charge in [0.05, 0.1) is 5.56 Å². The van der Waals surface area contributed by atoms with E-state index in [4.69, 9.17) is 9.15 Å².